The maximum Gasteiger partial charge on any atom is 0.295 e. The summed E-state index contributed by atoms with van der Waals surface area (Å²) in [6, 6.07) is 33.1. The van der Waals surface area contributed by atoms with Crippen LogP contribution in [0.25, 0.3) is 54.6 Å². The van der Waals surface area contributed by atoms with Gasteiger partial charge in [-0.3, -0.25) is 4.55 Å². The summed E-state index contributed by atoms with van der Waals surface area (Å²) in [6.45, 7) is 0. The molecule has 0 atom stereocenters. The summed E-state index contributed by atoms with van der Waals surface area (Å²) in [5, 5.41) is 5.42. The number of rotatable bonds is 3. The molecule has 0 aliphatic heterocycles. The molecule has 0 saturated heterocycles. The average Bonchev–Trinajstić information content (AvgIpc) is 2.82. The molecule has 154 valence electrons. The molecule has 4 heteroatoms. The molecule has 1 N–H and O–H groups in total. The van der Waals surface area contributed by atoms with E-state index in [4.69, 9.17) is 0 Å². The summed E-state index contributed by atoms with van der Waals surface area (Å²) in [5.74, 6) is 0. The van der Waals surface area contributed by atoms with E-state index in [2.05, 4.69) is 12.1 Å². The Morgan fingerprint density at radius 1 is 0.500 bits per heavy atom. The molecule has 0 bridgehead atoms. The Bertz CT molecular complexity index is 1710. The average molecular weight is 435 g/mol. The second-order valence-electron chi connectivity index (χ2n) is 7.97. The lowest BCUT2D eigenvalue weighted by atomic mass is 9.85. The van der Waals surface area contributed by atoms with Crippen LogP contribution in [0.4, 0.5) is 0 Å². The monoisotopic (exact) mass is 434 g/mol. The van der Waals surface area contributed by atoms with Gasteiger partial charge in [0.25, 0.3) is 10.1 Å². The van der Waals surface area contributed by atoms with Crippen molar-refractivity contribution in [1.82, 2.24) is 0 Å². The zero-order chi connectivity index (χ0) is 21.9. The molecule has 6 aromatic rings. The van der Waals surface area contributed by atoms with E-state index < -0.39 is 10.1 Å². The molecule has 0 aliphatic carbocycles. The Kier molecular flexibility index (Phi) is 4.09. The first kappa shape index (κ1) is 19.0. The molecule has 0 unspecified atom stereocenters. The summed E-state index contributed by atoms with van der Waals surface area (Å²) in [6.07, 6.45) is 0. The third-order valence-corrected chi connectivity index (χ3v) is 7.09. The maximum absolute atomic E-state index is 12.9. The molecular formula is C28H18O3S. The molecule has 0 radical (unpaired) electrons. The van der Waals surface area contributed by atoms with E-state index in [1.165, 1.54) is 0 Å². The van der Waals surface area contributed by atoms with Crippen LogP contribution in [0.1, 0.15) is 0 Å². The van der Waals surface area contributed by atoms with Crippen molar-refractivity contribution in [1.29, 1.82) is 0 Å². The van der Waals surface area contributed by atoms with Crippen LogP contribution in [0.15, 0.2) is 108 Å². The fraction of sp³-hybridized carbons (Fsp3) is 0. The van der Waals surface area contributed by atoms with E-state index in [0.717, 1.165) is 43.6 Å². The Morgan fingerprint density at radius 3 is 1.59 bits per heavy atom. The number of hydrogen-bond donors (Lipinski definition) is 1. The fourth-order valence-corrected chi connectivity index (χ4v) is 5.84. The van der Waals surface area contributed by atoms with E-state index >= 15 is 0 Å². The van der Waals surface area contributed by atoms with Gasteiger partial charge in [0.15, 0.2) is 0 Å². The number of benzene rings is 6. The van der Waals surface area contributed by atoms with Gasteiger partial charge in [-0.25, -0.2) is 0 Å². The Labute approximate surface area is 185 Å². The van der Waals surface area contributed by atoms with Gasteiger partial charge >= 0.3 is 0 Å². The van der Waals surface area contributed by atoms with Crippen molar-refractivity contribution in [2.45, 2.75) is 4.90 Å². The SMILES string of the molecule is O=S(=O)(O)c1c(-c2ccccc2)c(-c2ccccc2)c2ccc3cccc4ccc1c2c34. The highest BCUT2D eigenvalue weighted by Crippen LogP contribution is 2.48. The van der Waals surface area contributed by atoms with Gasteiger partial charge in [0, 0.05) is 10.9 Å². The summed E-state index contributed by atoms with van der Waals surface area (Å²) < 4.78 is 36.3. The van der Waals surface area contributed by atoms with E-state index in [0.29, 0.717) is 10.9 Å². The third-order valence-electron chi connectivity index (χ3n) is 6.15. The minimum absolute atomic E-state index is 0.0479. The summed E-state index contributed by atoms with van der Waals surface area (Å²) in [7, 11) is -4.54. The van der Waals surface area contributed by atoms with Crippen molar-refractivity contribution < 1.29 is 13.0 Å². The van der Waals surface area contributed by atoms with Crippen LogP contribution in [0.3, 0.4) is 0 Å². The highest BCUT2D eigenvalue weighted by molar-refractivity contribution is 7.86. The van der Waals surface area contributed by atoms with Crippen LogP contribution >= 0.6 is 0 Å². The molecule has 6 rings (SSSR count). The maximum atomic E-state index is 12.9. The lowest BCUT2D eigenvalue weighted by molar-refractivity contribution is 0.484. The van der Waals surface area contributed by atoms with Crippen LogP contribution < -0.4 is 0 Å². The van der Waals surface area contributed by atoms with Gasteiger partial charge in [0.1, 0.15) is 4.90 Å². The van der Waals surface area contributed by atoms with Crippen molar-refractivity contribution in [2.24, 2.45) is 0 Å². The molecule has 0 heterocycles. The quantitative estimate of drug-likeness (QED) is 0.237. The summed E-state index contributed by atoms with van der Waals surface area (Å²) in [5.41, 5.74) is 2.96. The van der Waals surface area contributed by atoms with E-state index in [-0.39, 0.29) is 4.90 Å². The molecule has 0 aliphatic rings. The Hall–Kier alpha value is -3.73. The molecule has 32 heavy (non-hydrogen) atoms. The van der Waals surface area contributed by atoms with E-state index in [1.54, 1.807) is 0 Å². The van der Waals surface area contributed by atoms with Crippen molar-refractivity contribution in [3.8, 4) is 22.3 Å². The van der Waals surface area contributed by atoms with E-state index in [9.17, 15) is 13.0 Å². The van der Waals surface area contributed by atoms with Crippen molar-refractivity contribution >= 4 is 42.4 Å². The van der Waals surface area contributed by atoms with Gasteiger partial charge in [0.05, 0.1) is 0 Å². The lowest BCUT2D eigenvalue weighted by Gasteiger charge is -2.21. The predicted molar refractivity (Wildman–Crippen MR) is 131 cm³/mol. The summed E-state index contributed by atoms with van der Waals surface area (Å²) in [4.78, 5) is -0.0479. The van der Waals surface area contributed by atoms with Gasteiger partial charge in [-0.05, 0) is 43.6 Å². The second-order valence-corrected chi connectivity index (χ2v) is 9.33. The van der Waals surface area contributed by atoms with Crippen LogP contribution in [0.2, 0.25) is 0 Å². The van der Waals surface area contributed by atoms with Gasteiger partial charge in [-0.2, -0.15) is 8.42 Å². The molecule has 0 amide bonds. The predicted octanol–water partition coefficient (Wildman–Crippen LogP) is 7.16. The third kappa shape index (κ3) is 2.74. The minimum atomic E-state index is -4.54. The normalized spacial score (nSPS) is 12.2. The summed E-state index contributed by atoms with van der Waals surface area (Å²) >= 11 is 0. The zero-order valence-corrected chi connectivity index (χ0v) is 17.8. The Balaban J connectivity index is 1.98. The van der Waals surface area contributed by atoms with Gasteiger partial charge in [-0.1, -0.05) is 103 Å². The zero-order valence-electron chi connectivity index (χ0n) is 17.0. The largest absolute Gasteiger partial charge is 0.295 e. The topological polar surface area (TPSA) is 54.4 Å². The molecule has 0 aromatic heterocycles. The first-order valence-corrected chi connectivity index (χ1v) is 11.8. The molecular weight excluding hydrogens is 416 g/mol. The van der Waals surface area contributed by atoms with Crippen LogP contribution in [0, 0.1) is 0 Å². The number of hydrogen-bond acceptors (Lipinski definition) is 2. The molecule has 0 spiro atoms. The van der Waals surface area contributed by atoms with Gasteiger partial charge < -0.3 is 0 Å². The fourth-order valence-electron chi connectivity index (χ4n) is 4.92. The van der Waals surface area contributed by atoms with Crippen LogP contribution in [-0.2, 0) is 10.1 Å². The molecule has 3 nitrogen and oxygen atoms in total. The van der Waals surface area contributed by atoms with Crippen LogP contribution in [-0.4, -0.2) is 13.0 Å². The first-order valence-electron chi connectivity index (χ1n) is 10.4. The van der Waals surface area contributed by atoms with Crippen LogP contribution in [0.5, 0.6) is 0 Å². The standard InChI is InChI=1S/C28H18O3S/c29-32(30,31)28-23-17-15-21-13-7-12-20-14-16-22(27(23)24(20)21)25(18-8-3-1-4-9-18)26(28)19-10-5-2-6-11-19/h1-17H,(H,29,30,31). The van der Waals surface area contributed by atoms with E-state index in [1.807, 2.05) is 91.0 Å². The molecule has 6 aromatic carbocycles. The second kappa shape index (κ2) is 6.89. The minimum Gasteiger partial charge on any atom is -0.282 e. The molecule has 0 saturated carbocycles. The highest BCUT2D eigenvalue weighted by Gasteiger charge is 2.27. The van der Waals surface area contributed by atoms with Gasteiger partial charge in [0.2, 0.25) is 0 Å². The smallest absolute Gasteiger partial charge is 0.282 e. The molecule has 0 fully saturated rings. The van der Waals surface area contributed by atoms with Crippen molar-refractivity contribution in [3.63, 3.8) is 0 Å². The first-order chi connectivity index (χ1) is 15.5. The Morgan fingerprint density at radius 2 is 1.03 bits per heavy atom. The lowest BCUT2D eigenvalue weighted by Crippen LogP contribution is -2.05. The van der Waals surface area contributed by atoms with Gasteiger partial charge in [-0.15, -0.1) is 0 Å². The van der Waals surface area contributed by atoms with Crippen molar-refractivity contribution in [2.75, 3.05) is 0 Å². The van der Waals surface area contributed by atoms with Crippen molar-refractivity contribution in [3.05, 3.63) is 103 Å². The highest BCUT2D eigenvalue weighted by atomic mass is 32.2.